The van der Waals surface area contributed by atoms with Crippen LogP contribution in [0.5, 0.6) is 0 Å². The fourth-order valence-corrected chi connectivity index (χ4v) is 24.5. The maximum absolute atomic E-state index is 6.61. The Labute approximate surface area is 130 Å². The zero-order chi connectivity index (χ0) is 14.9. The van der Waals surface area contributed by atoms with E-state index in [0.717, 1.165) is 10.5 Å². The van der Waals surface area contributed by atoms with Gasteiger partial charge >= 0.3 is 0 Å². The molecule has 0 radical (unpaired) electrons. The standard InChI is InChI=1S/C9H31NO3Si6/c1-7-9-19(6,10(3)15-11-14)13-18(8-2)16-12-17(4)5/h8,17-18H,2,7,9,15-16H2,1,3-6,14H3. The third kappa shape index (κ3) is 8.03. The summed E-state index contributed by atoms with van der Waals surface area (Å²) in [6.07, 6.45) is 1.18. The minimum atomic E-state index is -1.78. The molecule has 0 amide bonds. The van der Waals surface area contributed by atoms with Gasteiger partial charge in [0.1, 0.15) is 10.5 Å². The zero-order valence-corrected chi connectivity index (χ0v) is 21.6. The average molecular weight is 370 g/mol. The van der Waals surface area contributed by atoms with Gasteiger partial charge in [0.2, 0.25) is 9.92 Å². The summed E-state index contributed by atoms with van der Waals surface area (Å²) in [4.78, 5) is 0. The Bertz CT molecular complexity index is 260. The SMILES string of the molecule is C=C[SiH](O[Si](C)(CCC)N(C)[SiH2]O[SiH3])[SiH2]O[SiH](C)C. The zero-order valence-electron chi connectivity index (χ0n) is 13.4. The highest BCUT2D eigenvalue weighted by atomic mass is 29.2. The van der Waals surface area contributed by atoms with Crippen molar-refractivity contribution in [1.29, 1.82) is 0 Å². The van der Waals surface area contributed by atoms with Crippen LogP contribution in [0.3, 0.4) is 0 Å². The first kappa shape index (κ1) is 19.9. The molecular formula is C9H31NO3Si6. The summed E-state index contributed by atoms with van der Waals surface area (Å²) in [5.74, 6) is 0. The molecule has 0 aliphatic carbocycles. The molecule has 0 bridgehead atoms. The number of rotatable bonds is 11. The lowest BCUT2D eigenvalue weighted by Gasteiger charge is -2.38. The van der Waals surface area contributed by atoms with Crippen LogP contribution < -0.4 is 0 Å². The molecule has 0 spiro atoms. The van der Waals surface area contributed by atoms with E-state index in [2.05, 4.69) is 50.1 Å². The van der Waals surface area contributed by atoms with Crippen LogP contribution >= 0.6 is 0 Å². The van der Waals surface area contributed by atoms with E-state index in [1.807, 2.05) is 0 Å². The third-order valence-corrected chi connectivity index (χ3v) is 22.7. The predicted octanol–water partition coefficient (Wildman–Crippen LogP) is -1.26. The van der Waals surface area contributed by atoms with E-state index < -0.39 is 45.3 Å². The normalized spacial score (nSPS) is 18.1. The van der Waals surface area contributed by atoms with Gasteiger partial charge in [-0.15, -0.1) is 6.58 Å². The van der Waals surface area contributed by atoms with Gasteiger partial charge in [-0.05, 0) is 32.7 Å². The van der Waals surface area contributed by atoms with Crippen LogP contribution in [0.2, 0.25) is 25.7 Å². The molecule has 0 saturated heterocycles. The van der Waals surface area contributed by atoms with Gasteiger partial charge in [-0.25, -0.2) is 0 Å². The Morgan fingerprint density at radius 1 is 1.47 bits per heavy atom. The summed E-state index contributed by atoms with van der Waals surface area (Å²) in [6.45, 7) is 13.0. The number of hydrogen-bond donors (Lipinski definition) is 0. The lowest BCUT2D eigenvalue weighted by molar-refractivity contribution is 0.470. The fourth-order valence-electron chi connectivity index (χ4n) is 1.90. The van der Waals surface area contributed by atoms with Gasteiger partial charge in [0.15, 0.2) is 26.9 Å². The maximum Gasteiger partial charge on any atom is 0.252 e. The minimum Gasteiger partial charge on any atom is -0.463 e. The van der Waals surface area contributed by atoms with Crippen LogP contribution in [-0.2, 0) is 12.3 Å². The first-order valence-electron chi connectivity index (χ1n) is 7.01. The number of hydrogen-bond acceptors (Lipinski definition) is 4. The van der Waals surface area contributed by atoms with Gasteiger partial charge < -0.3 is 16.6 Å². The van der Waals surface area contributed by atoms with Crippen molar-refractivity contribution < 1.29 is 12.3 Å². The summed E-state index contributed by atoms with van der Waals surface area (Å²) >= 11 is 0. The second kappa shape index (κ2) is 10.6. The van der Waals surface area contributed by atoms with Crippen LogP contribution in [0.15, 0.2) is 12.3 Å². The monoisotopic (exact) mass is 369 g/mol. The van der Waals surface area contributed by atoms with E-state index in [-0.39, 0.29) is 0 Å². The predicted molar refractivity (Wildman–Crippen MR) is 101 cm³/mol. The van der Waals surface area contributed by atoms with Crippen molar-refractivity contribution in [2.24, 2.45) is 0 Å². The summed E-state index contributed by atoms with van der Waals surface area (Å²) < 4.78 is 20.6. The molecule has 0 rings (SSSR count). The van der Waals surface area contributed by atoms with E-state index in [0.29, 0.717) is 0 Å². The van der Waals surface area contributed by atoms with Crippen molar-refractivity contribution in [2.75, 3.05) is 7.05 Å². The first-order valence-corrected chi connectivity index (χ1v) is 19.4. The molecule has 0 aliphatic heterocycles. The molecule has 114 valence electrons. The molecule has 0 saturated carbocycles. The van der Waals surface area contributed by atoms with Crippen molar-refractivity contribution in [3.63, 3.8) is 0 Å². The molecule has 10 heteroatoms. The quantitative estimate of drug-likeness (QED) is 0.426. The van der Waals surface area contributed by atoms with Crippen LogP contribution in [-0.4, -0.2) is 67.0 Å². The molecule has 2 unspecified atom stereocenters. The summed E-state index contributed by atoms with van der Waals surface area (Å²) in [7, 11) is -2.01. The Morgan fingerprint density at radius 3 is 2.53 bits per heavy atom. The molecule has 0 aliphatic rings. The second-order valence-corrected chi connectivity index (χ2v) is 22.7. The van der Waals surface area contributed by atoms with E-state index in [1.54, 1.807) is 0 Å². The van der Waals surface area contributed by atoms with Crippen molar-refractivity contribution in [3.05, 3.63) is 12.3 Å². The molecule has 19 heavy (non-hydrogen) atoms. The van der Waals surface area contributed by atoms with Crippen molar-refractivity contribution in [3.8, 4) is 0 Å². The smallest absolute Gasteiger partial charge is 0.252 e. The highest BCUT2D eigenvalue weighted by Crippen LogP contribution is 2.18. The van der Waals surface area contributed by atoms with Crippen molar-refractivity contribution in [2.45, 2.75) is 39.0 Å². The molecule has 0 fully saturated rings. The highest BCUT2D eigenvalue weighted by Gasteiger charge is 2.35. The molecule has 0 heterocycles. The molecular weight excluding hydrogens is 339 g/mol. The van der Waals surface area contributed by atoms with Crippen LogP contribution in [0, 0.1) is 0 Å². The fraction of sp³-hybridized carbons (Fsp3) is 0.778. The lowest BCUT2D eigenvalue weighted by Crippen LogP contribution is -2.57. The maximum atomic E-state index is 6.61. The summed E-state index contributed by atoms with van der Waals surface area (Å²) in [5, 5.41) is 0. The van der Waals surface area contributed by atoms with Crippen molar-refractivity contribution >= 4 is 55.8 Å². The summed E-state index contributed by atoms with van der Waals surface area (Å²) in [5.41, 5.74) is 2.08. The van der Waals surface area contributed by atoms with Crippen LogP contribution in [0.4, 0.5) is 0 Å². The van der Waals surface area contributed by atoms with E-state index >= 15 is 0 Å². The molecule has 0 aromatic rings. The van der Waals surface area contributed by atoms with Gasteiger partial charge in [-0.1, -0.05) is 19.0 Å². The Hall–Kier alpha value is 0.881. The topological polar surface area (TPSA) is 30.9 Å². The molecule has 2 atom stereocenters. The van der Waals surface area contributed by atoms with Gasteiger partial charge in [-0.3, -0.25) is 0 Å². The van der Waals surface area contributed by atoms with Crippen LogP contribution in [0.25, 0.3) is 0 Å². The van der Waals surface area contributed by atoms with E-state index in [9.17, 15) is 0 Å². The Morgan fingerprint density at radius 2 is 2.11 bits per heavy atom. The highest BCUT2D eigenvalue weighted by molar-refractivity contribution is 7.12. The summed E-state index contributed by atoms with van der Waals surface area (Å²) in [6, 6.07) is 1.19. The van der Waals surface area contributed by atoms with Crippen LogP contribution in [0.1, 0.15) is 13.3 Å². The first-order chi connectivity index (χ1) is 8.89. The molecule has 0 aromatic heterocycles. The van der Waals surface area contributed by atoms with Crippen molar-refractivity contribution in [1.82, 2.24) is 4.23 Å². The minimum absolute atomic E-state index is 0.513. The molecule has 0 N–H and O–H groups in total. The largest absolute Gasteiger partial charge is 0.463 e. The van der Waals surface area contributed by atoms with Gasteiger partial charge in [-0.2, -0.15) is 0 Å². The van der Waals surface area contributed by atoms with Gasteiger partial charge in [0.05, 0.1) is 0 Å². The molecule has 0 aromatic carbocycles. The third-order valence-electron chi connectivity index (χ3n) is 3.11. The number of nitrogens with zero attached hydrogens (tertiary/aromatic N) is 1. The lowest BCUT2D eigenvalue weighted by atomic mass is 10.6. The van der Waals surface area contributed by atoms with E-state index in [4.69, 9.17) is 12.3 Å². The van der Waals surface area contributed by atoms with Gasteiger partial charge in [0.25, 0.3) is 8.48 Å². The Kier molecular flexibility index (Phi) is 11.1. The Balaban J connectivity index is 4.63. The van der Waals surface area contributed by atoms with Gasteiger partial charge in [0, 0.05) is 0 Å². The van der Waals surface area contributed by atoms with E-state index in [1.165, 1.54) is 12.5 Å². The molecule has 4 nitrogen and oxygen atoms in total. The second-order valence-electron chi connectivity index (χ2n) is 5.31. The average Bonchev–Trinajstić information content (AvgIpc) is 2.34.